The second kappa shape index (κ2) is 7.63. The summed E-state index contributed by atoms with van der Waals surface area (Å²) < 4.78 is 5.17. The molecule has 2 aromatic heterocycles. The predicted octanol–water partition coefficient (Wildman–Crippen LogP) is 1.40. The number of aromatic nitrogens is 3. The summed E-state index contributed by atoms with van der Waals surface area (Å²) in [5, 5.41) is 13.9. The van der Waals surface area contributed by atoms with E-state index in [9.17, 15) is 4.79 Å². The van der Waals surface area contributed by atoms with Gasteiger partial charge in [0.25, 0.3) is 5.22 Å². The fourth-order valence-corrected chi connectivity index (χ4v) is 2.18. The minimum absolute atomic E-state index is 0.0742. The molecular formula is C13H17N5O2S. The molecular weight excluding hydrogens is 290 g/mol. The lowest BCUT2D eigenvalue weighted by Gasteiger charge is -2.07. The van der Waals surface area contributed by atoms with Crippen molar-refractivity contribution in [3.63, 3.8) is 0 Å². The number of hydrogen-bond acceptors (Lipinski definition) is 7. The average Bonchev–Trinajstić information content (AvgIpc) is 2.87. The maximum atomic E-state index is 11.6. The van der Waals surface area contributed by atoms with Crippen LogP contribution in [0, 0.1) is 13.8 Å². The zero-order valence-electron chi connectivity index (χ0n) is 11.9. The molecule has 7 nitrogen and oxygen atoms in total. The van der Waals surface area contributed by atoms with Crippen molar-refractivity contribution in [2.24, 2.45) is 0 Å². The van der Waals surface area contributed by atoms with Crippen LogP contribution < -0.4 is 10.6 Å². The zero-order valence-corrected chi connectivity index (χ0v) is 12.7. The van der Waals surface area contributed by atoms with Crippen LogP contribution in [0.4, 0.5) is 5.82 Å². The second-order valence-electron chi connectivity index (χ2n) is 4.37. The number of thioether (sulfide) groups is 1. The third kappa shape index (κ3) is 5.42. The first-order valence-corrected chi connectivity index (χ1v) is 7.48. The number of aryl methyl sites for hydroxylation is 2. The Hall–Kier alpha value is -2.09. The van der Waals surface area contributed by atoms with Gasteiger partial charge < -0.3 is 15.1 Å². The highest BCUT2D eigenvalue weighted by Crippen LogP contribution is 2.14. The second-order valence-corrected chi connectivity index (χ2v) is 5.30. The van der Waals surface area contributed by atoms with E-state index in [-0.39, 0.29) is 11.7 Å². The van der Waals surface area contributed by atoms with Crippen LogP contribution in [-0.2, 0) is 4.79 Å². The van der Waals surface area contributed by atoms with E-state index >= 15 is 0 Å². The highest BCUT2D eigenvalue weighted by atomic mass is 32.2. The molecule has 21 heavy (non-hydrogen) atoms. The fourth-order valence-electron chi connectivity index (χ4n) is 1.54. The molecule has 1 amide bonds. The molecule has 2 rings (SSSR count). The van der Waals surface area contributed by atoms with Crippen LogP contribution >= 0.6 is 11.8 Å². The van der Waals surface area contributed by atoms with Gasteiger partial charge in [-0.25, -0.2) is 4.98 Å². The van der Waals surface area contributed by atoms with Crippen molar-refractivity contribution in [1.29, 1.82) is 0 Å². The van der Waals surface area contributed by atoms with Crippen molar-refractivity contribution in [2.75, 3.05) is 24.2 Å². The molecule has 0 unspecified atom stereocenters. The minimum Gasteiger partial charge on any atom is -0.416 e. The van der Waals surface area contributed by atoms with Crippen LogP contribution in [0.1, 0.15) is 11.5 Å². The number of nitrogens with one attached hydrogen (secondary N) is 2. The highest BCUT2D eigenvalue weighted by Gasteiger charge is 2.07. The summed E-state index contributed by atoms with van der Waals surface area (Å²) in [6, 6.07) is 3.89. The summed E-state index contributed by atoms with van der Waals surface area (Å²) in [6.45, 7) is 4.86. The smallest absolute Gasteiger partial charge is 0.277 e. The van der Waals surface area contributed by atoms with Crippen molar-refractivity contribution in [1.82, 2.24) is 20.5 Å². The Kier molecular flexibility index (Phi) is 5.56. The van der Waals surface area contributed by atoms with E-state index in [1.165, 1.54) is 11.8 Å². The van der Waals surface area contributed by atoms with Gasteiger partial charge in [-0.1, -0.05) is 11.8 Å². The Balaban J connectivity index is 1.61. The van der Waals surface area contributed by atoms with E-state index in [0.717, 1.165) is 11.4 Å². The van der Waals surface area contributed by atoms with Crippen LogP contribution in [-0.4, -0.2) is 39.9 Å². The van der Waals surface area contributed by atoms with Crippen LogP contribution in [0.15, 0.2) is 28.0 Å². The fraction of sp³-hybridized carbons (Fsp3) is 0.385. The van der Waals surface area contributed by atoms with Crippen molar-refractivity contribution in [2.45, 2.75) is 19.1 Å². The Morgan fingerprint density at radius 3 is 2.90 bits per heavy atom. The molecule has 0 saturated heterocycles. The summed E-state index contributed by atoms with van der Waals surface area (Å²) in [5.41, 5.74) is 1.14. The van der Waals surface area contributed by atoms with Gasteiger partial charge in [-0.15, -0.1) is 10.2 Å². The molecule has 0 fully saturated rings. The molecule has 2 N–H and O–H groups in total. The first kappa shape index (κ1) is 15.3. The van der Waals surface area contributed by atoms with Crippen LogP contribution in [0.5, 0.6) is 0 Å². The Labute approximate surface area is 126 Å². The summed E-state index contributed by atoms with van der Waals surface area (Å²) in [5.74, 6) is 1.48. The van der Waals surface area contributed by atoms with Gasteiger partial charge in [0.15, 0.2) is 0 Å². The molecule has 0 spiro atoms. The van der Waals surface area contributed by atoms with Gasteiger partial charge in [-0.3, -0.25) is 4.79 Å². The number of carbonyl (C=O) groups is 1. The van der Waals surface area contributed by atoms with Gasteiger partial charge in [0.2, 0.25) is 11.8 Å². The first-order valence-electron chi connectivity index (χ1n) is 6.49. The quantitative estimate of drug-likeness (QED) is 0.590. The molecule has 2 aromatic rings. The maximum absolute atomic E-state index is 11.6. The van der Waals surface area contributed by atoms with E-state index in [4.69, 9.17) is 4.42 Å². The molecule has 112 valence electrons. The SMILES string of the molecule is Cc1ccnc(NCCNC(=O)CSc2nnc(C)o2)c1. The normalized spacial score (nSPS) is 10.4. The third-order valence-electron chi connectivity index (χ3n) is 2.50. The summed E-state index contributed by atoms with van der Waals surface area (Å²) in [6.07, 6.45) is 1.75. The van der Waals surface area contributed by atoms with Crippen LogP contribution in [0.2, 0.25) is 0 Å². The predicted molar refractivity (Wildman–Crippen MR) is 80.2 cm³/mol. The summed E-state index contributed by atoms with van der Waals surface area (Å²) in [4.78, 5) is 15.8. The van der Waals surface area contributed by atoms with Gasteiger partial charge in [0, 0.05) is 26.2 Å². The molecule has 0 atom stereocenters. The van der Waals surface area contributed by atoms with Crippen molar-refractivity contribution in [3.8, 4) is 0 Å². The average molecular weight is 307 g/mol. The maximum Gasteiger partial charge on any atom is 0.277 e. The lowest BCUT2D eigenvalue weighted by Crippen LogP contribution is -2.30. The van der Waals surface area contributed by atoms with Crippen LogP contribution in [0.25, 0.3) is 0 Å². The molecule has 8 heteroatoms. The number of hydrogen-bond donors (Lipinski definition) is 2. The van der Waals surface area contributed by atoms with E-state index in [1.54, 1.807) is 13.1 Å². The molecule has 0 aliphatic heterocycles. The van der Waals surface area contributed by atoms with E-state index in [0.29, 0.717) is 24.2 Å². The zero-order chi connectivity index (χ0) is 15.1. The number of nitrogens with zero attached hydrogens (tertiary/aromatic N) is 3. The molecule has 0 bridgehead atoms. The molecule has 0 radical (unpaired) electrons. The van der Waals surface area contributed by atoms with Gasteiger partial charge in [0.05, 0.1) is 5.75 Å². The van der Waals surface area contributed by atoms with Crippen molar-refractivity contribution >= 4 is 23.5 Å². The Bertz CT molecular complexity index is 602. The Morgan fingerprint density at radius 1 is 1.33 bits per heavy atom. The van der Waals surface area contributed by atoms with E-state index in [2.05, 4.69) is 25.8 Å². The van der Waals surface area contributed by atoms with E-state index in [1.807, 2.05) is 19.1 Å². The number of rotatable bonds is 7. The topological polar surface area (TPSA) is 92.9 Å². The van der Waals surface area contributed by atoms with Crippen LogP contribution in [0.3, 0.4) is 0 Å². The number of amides is 1. The molecule has 0 saturated carbocycles. The summed E-state index contributed by atoms with van der Waals surface area (Å²) >= 11 is 1.22. The summed E-state index contributed by atoms with van der Waals surface area (Å²) in [7, 11) is 0. The number of pyridine rings is 1. The Morgan fingerprint density at radius 2 is 2.19 bits per heavy atom. The molecule has 0 aliphatic carbocycles. The standard InChI is InChI=1S/C13H17N5O2S/c1-9-3-4-14-11(7-9)15-5-6-16-12(19)8-21-13-18-17-10(2)20-13/h3-4,7H,5-6,8H2,1-2H3,(H,14,15)(H,16,19). The van der Waals surface area contributed by atoms with Crippen molar-refractivity contribution in [3.05, 3.63) is 29.8 Å². The van der Waals surface area contributed by atoms with Gasteiger partial charge in [0.1, 0.15) is 5.82 Å². The number of anilines is 1. The van der Waals surface area contributed by atoms with Crippen molar-refractivity contribution < 1.29 is 9.21 Å². The molecule has 0 aliphatic rings. The van der Waals surface area contributed by atoms with Gasteiger partial charge in [-0.2, -0.15) is 0 Å². The number of carbonyl (C=O) groups excluding carboxylic acids is 1. The monoisotopic (exact) mass is 307 g/mol. The largest absolute Gasteiger partial charge is 0.416 e. The van der Waals surface area contributed by atoms with Gasteiger partial charge in [-0.05, 0) is 24.6 Å². The van der Waals surface area contributed by atoms with E-state index < -0.39 is 0 Å². The molecule has 2 heterocycles. The lowest BCUT2D eigenvalue weighted by atomic mass is 10.3. The third-order valence-corrected chi connectivity index (χ3v) is 3.32. The highest BCUT2D eigenvalue weighted by molar-refractivity contribution is 7.99. The van der Waals surface area contributed by atoms with Gasteiger partial charge >= 0.3 is 0 Å². The first-order chi connectivity index (χ1) is 10.1. The molecule has 0 aromatic carbocycles. The minimum atomic E-state index is -0.0742. The lowest BCUT2D eigenvalue weighted by molar-refractivity contribution is -0.118.